The third kappa shape index (κ3) is 5.84. The normalized spacial score (nSPS) is 11.6. The zero-order chi connectivity index (χ0) is 19.8. The highest BCUT2D eigenvalue weighted by atomic mass is 16.5. The molecule has 0 unspecified atom stereocenters. The summed E-state index contributed by atoms with van der Waals surface area (Å²) in [4.78, 5) is 27.0. The molecule has 1 atom stereocenters. The van der Waals surface area contributed by atoms with Gasteiger partial charge in [-0.05, 0) is 44.0 Å². The third-order valence-corrected chi connectivity index (χ3v) is 4.47. The largest absolute Gasteiger partial charge is 0.497 e. The Morgan fingerprint density at radius 3 is 2.41 bits per heavy atom. The quantitative estimate of drug-likeness (QED) is 0.779. The van der Waals surface area contributed by atoms with Crippen LogP contribution < -0.4 is 10.1 Å². The summed E-state index contributed by atoms with van der Waals surface area (Å²) in [6.45, 7) is 6.59. The molecule has 0 saturated carbocycles. The maximum atomic E-state index is 13.0. The van der Waals surface area contributed by atoms with Gasteiger partial charge in [0.15, 0.2) is 0 Å². The molecule has 0 heterocycles. The highest BCUT2D eigenvalue weighted by molar-refractivity contribution is 5.88. The van der Waals surface area contributed by atoms with E-state index in [1.807, 2.05) is 62.4 Å². The van der Waals surface area contributed by atoms with E-state index in [9.17, 15) is 9.59 Å². The van der Waals surface area contributed by atoms with E-state index in [0.29, 0.717) is 13.1 Å². The summed E-state index contributed by atoms with van der Waals surface area (Å²) < 4.78 is 5.16. The van der Waals surface area contributed by atoms with Gasteiger partial charge in [0.25, 0.3) is 0 Å². The van der Waals surface area contributed by atoms with Gasteiger partial charge in [0.2, 0.25) is 11.8 Å². The lowest BCUT2D eigenvalue weighted by Crippen LogP contribution is -2.48. The summed E-state index contributed by atoms with van der Waals surface area (Å²) in [5, 5.41) is 2.81. The van der Waals surface area contributed by atoms with Gasteiger partial charge in [-0.15, -0.1) is 0 Å². The Balaban J connectivity index is 2.20. The first kappa shape index (κ1) is 20.5. The molecule has 0 saturated heterocycles. The first-order valence-electron chi connectivity index (χ1n) is 9.20. The Bertz CT molecular complexity index is 771. The Hall–Kier alpha value is -2.82. The zero-order valence-electron chi connectivity index (χ0n) is 16.5. The lowest BCUT2D eigenvalue weighted by atomic mass is 10.1. The highest BCUT2D eigenvalue weighted by Gasteiger charge is 2.25. The van der Waals surface area contributed by atoms with Crippen LogP contribution in [0.1, 0.15) is 30.5 Å². The number of aryl methyl sites for hydroxylation is 1. The lowest BCUT2D eigenvalue weighted by molar-refractivity contribution is -0.140. The number of nitrogens with one attached hydrogen (secondary N) is 1. The summed E-state index contributed by atoms with van der Waals surface area (Å²) in [6, 6.07) is 14.9. The molecule has 2 amide bonds. The Morgan fingerprint density at radius 1 is 1.11 bits per heavy atom. The Kier molecular flexibility index (Phi) is 7.41. The minimum Gasteiger partial charge on any atom is -0.497 e. The summed E-state index contributed by atoms with van der Waals surface area (Å²) >= 11 is 0. The van der Waals surface area contributed by atoms with Crippen LogP contribution in [0.5, 0.6) is 5.75 Å². The minimum atomic E-state index is -0.545. The minimum absolute atomic E-state index is 0.0829. The molecule has 0 aliphatic rings. The van der Waals surface area contributed by atoms with Crippen LogP contribution >= 0.6 is 0 Å². The van der Waals surface area contributed by atoms with Crippen molar-refractivity contribution >= 4 is 11.8 Å². The molecule has 0 aliphatic carbocycles. The number of hydrogen-bond donors (Lipinski definition) is 1. The van der Waals surface area contributed by atoms with Gasteiger partial charge in [0.1, 0.15) is 11.8 Å². The first-order chi connectivity index (χ1) is 12.9. The average Bonchev–Trinajstić information content (AvgIpc) is 2.66. The molecule has 5 nitrogen and oxygen atoms in total. The monoisotopic (exact) mass is 368 g/mol. The standard InChI is InChI=1S/C22H28N2O3/c1-5-23-22(26)17(3)24(15-19-8-6-7-16(2)13-19)21(25)14-18-9-11-20(27-4)12-10-18/h6-13,17H,5,14-15H2,1-4H3,(H,23,26)/t17-/m1/s1. The van der Waals surface area contributed by atoms with Gasteiger partial charge >= 0.3 is 0 Å². The van der Waals surface area contributed by atoms with Gasteiger partial charge in [-0.1, -0.05) is 42.0 Å². The summed E-state index contributed by atoms with van der Waals surface area (Å²) in [6.07, 6.45) is 0.236. The molecular formula is C22H28N2O3. The SMILES string of the molecule is CCNC(=O)[C@@H](C)N(Cc1cccc(C)c1)C(=O)Cc1ccc(OC)cc1. The van der Waals surface area contributed by atoms with Crippen LogP contribution in [0.3, 0.4) is 0 Å². The van der Waals surface area contributed by atoms with Crippen molar-refractivity contribution in [3.05, 3.63) is 65.2 Å². The van der Waals surface area contributed by atoms with E-state index in [2.05, 4.69) is 5.32 Å². The van der Waals surface area contributed by atoms with Gasteiger partial charge in [-0.25, -0.2) is 0 Å². The zero-order valence-corrected chi connectivity index (χ0v) is 16.5. The number of carbonyl (C=O) groups is 2. The summed E-state index contributed by atoms with van der Waals surface area (Å²) in [5.74, 6) is 0.521. The molecule has 0 fully saturated rings. The lowest BCUT2D eigenvalue weighted by Gasteiger charge is -2.29. The van der Waals surface area contributed by atoms with Crippen LogP contribution in [0.2, 0.25) is 0 Å². The van der Waals surface area contributed by atoms with Crippen molar-refractivity contribution in [3.8, 4) is 5.75 Å². The van der Waals surface area contributed by atoms with Crippen LogP contribution in [0, 0.1) is 6.92 Å². The second-order valence-electron chi connectivity index (χ2n) is 6.61. The highest BCUT2D eigenvalue weighted by Crippen LogP contribution is 2.16. The molecular weight excluding hydrogens is 340 g/mol. The van der Waals surface area contributed by atoms with Crippen molar-refractivity contribution in [2.75, 3.05) is 13.7 Å². The molecule has 144 valence electrons. The Labute approximate surface area is 161 Å². The van der Waals surface area contributed by atoms with Crippen LogP contribution in [-0.2, 0) is 22.6 Å². The molecule has 5 heteroatoms. The van der Waals surface area contributed by atoms with Gasteiger partial charge in [0, 0.05) is 13.1 Å². The summed E-state index contributed by atoms with van der Waals surface area (Å²) in [5.41, 5.74) is 3.02. The van der Waals surface area contributed by atoms with Crippen LogP contribution in [-0.4, -0.2) is 36.4 Å². The van der Waals surface area contributed by atoms with Gasteiger partial charge in [0.05, 0.1) is 13.5 Å². The topological polar surface area (TPSA) is 58.6 Å². The molecule has 2 aromatic rings. The van der Waals surface area contributed by atoms with Crippen molar-refractivity contribution in [2.45, 2.75) is 39.8 Å². The van der Waals surface area contributed by atoms with E-state index in [-0.39, 0.29) is 18.2 Å². The average molecular weight is 368 g/mol. The van der Waals surface area contributed by atoms with E-state index < -0.39 is 6.04 Å². The predicted molar refractivity (Wildman–Crippen MR) is 107 cm³/mol. The van der Waals surface area contributed by atoms with E-state index in [0.717, 1.165) is 22.4 Å². The molecule has 0 aliphatic heterocycles. The molecule has 2 aromatic carbocycles. The third-order valence-electron chi connectivity index (χ3n) is 4.47. The molecule has 0 bridgehead atoms. The van der Waals surface area contributed by atoms with Gasteiger partial charge < -0.3 is 15.0 Å². The molecule has 0 radical (unpaired) electrons. The van der Waals surface area contributed by atoms with Crippen molar-refractivity contribution in [1.82, 2.24) is 10.2 Å². The number of likely N-dealkylation sites (N-methyl/N-ethyl adjacent to an activating group) is 1. The maximum absolute atomic E-state index is 13.0. The predicted octanol–water partition coefficient (Wildman–Crippen LogP) is 3.10. The fourth-order valence-electron chi connectivity index (χ4n) is 2.93. The number of carbonyl (C=O) groups excluding carboxylic acids is 2. The molecule has 0 aromatic heterocycles. The maximum Gasteiger partial charge on any atom is 0.242 e. The fraction of sp³-hybridized carbons (Fsp3) is 0.364. The van der Waals surface area contributed by atoms with Crippen LogP contribution in [0.25, 0.3) is 0 Å². The summed E-state index contributed by atoms with van der Waals surface area (Å²) in [7, 11) is 1.61. The first-order valence-corrected chi connectivity index (χ1v) is 9.20. The van der Waals surface area contributed by atoms with Crippen molar-refractivity contribution in [3.63, 3.8) is 0 Å². The van der Waals surface area contributed by atoms with Gasteiger partial charge in [-0.2, -0.15) is 0 Å². The molecule has 27 heavy (non-hydrogen) atoms. The molecule has 2 rings (SSSR count). The number of rotatable bonds is 8. The van der Waals surface area contributed by atoms with Crippen molar-refractivity contribution in [1.29, 1.82) is 0 Å². The van der Waals surface area contributed by atoms with E-state index in [1.54, 1.807) is 18.9 Å². The molecule has 1 N–H and O–H groups in total. The van der Waals surface area contributed by atoms with Crippen LogP contribution in [0.4, 0.5) is 0 Å². The van der Waals surface area contributed by atoms with E-state index in [4.69, 9.17) is 4.74 Å². The fourth-order valence-corrected chi connectivity index (χ4v) is 2.93. The number of methoxy groups -OCH3 is 1. The van der Waals surface area contributed by atoms with E-state index >= 15 is 0 Å². The molecule has 0 spiro atoms. The number of amides is 2. The number of hydrogen-bond acceptors (Lipinski definition) is 3. The van der Waals surface area contributed by atoms with Gasteiger partial charge in [-0.3, -0.25) is 9.59 Å². The van der Waals surface area contributed by atoms with E-state index in [1.165, 1.54) is 0 Å². The van der Waals surface area contributed by atoms with Crippen LogP contribution in [0.15, 0.2) is 48.5 Å². The Morgan fingerprint density at radius 2 is 1.81 bits per heavy atom. The smallest absolute Gasteiger partial charge is 0.242 e. The number of nitrogens with zero attached hydrogens (tertiary/aromatic N) is 1. The number of benzene rings is 2. The number of ether oxygens (including phenoxy) is 1. The van der Waals surface area contributed by atoms with Crippen molar-refractivity contribution in [2.24, 2.45) is 0 Å². The van der Waals surface area contributed by atoms with Crippen molar-refractivity contribution < 1.29 is 14.3 Å². The second kappa shape index (κ2) is 9.76. The second-order valence-corrected chi connectivity index (χ2v) is 6.61.